The van der Waals surface area contributed by atoms with Crippen molar-refractivity contribution in [1.82, 2.24) is 0 Å². The summed E-state index contributed by atoms with van der Waals surface area (Å²) in [6, 6.07) is 7.75. The molecule has 0 spiro atoms. The molecule has 0 bridgehead atoms. The summed E-state index contributed by atoms with van der Waals surface area (Å²) in [5.41, 5.74) is -1.15. The van der Waals surface area contributed by atoms with Gasteiger partial charge in [0.25, 0.3) is 0 Å². The number of hydrogen-bond acceptors (Lipinski definition) is 5. The molecule has 0 atom stereocenters. The van der Waals surface area contributed by atoms with Gasteiger partial charge in [0, 0.05) is 0 Å². The number of carboxylic acid groups (broad SMARTS) is 1. The first-order valence-corrected chi connectivity index (χ1v) is 5.54. The Bertz CT molecular complexity index is 705. The second-order valence-electron chi connectivity index (χ2n) is 4.01. The smallest absolute Gasteiger partial charge is 0.343 e. The van der Waals surface area contributed by atoms with Gasteiger partial charge in [0.2, 0.25) is 0 Å². The summed E-state index contributed by atoms with van der Waals surface area (Å²) in [7, 11) is 0. The Morgan fingerprint density at radius 2 is 1.45 bits per heavy atom. The van der Waals surface area contributed by atoms with Gasteiger partial charge in [-0.15, -0.1) is 0 Å². The van der Waals surface area contributed by atoms with E-state index in [0.29, 0.717) is 0 Å². The minimum Gasteiger partial charge on any atom is -0.507 e. The fourth-order valence-electron chi connectivity index (χ4n) is 1.79. The SMILES string of the molecule is O=C(c1ccccc1O)c1ccc(O)c(C(=O)O)c1O. The maximum Gasteiger partial charge on any atom is 0.343 e. The molecular weight excluding hydrogens is 264 g/mol. The lowest BCUT2D eigenvalue weighted by atomic mass is 9.98. The zero-order valence-corrected chi connectivity index (χ0v) is 10.1. The van der Waals surface area contributed by atoms with Gasteiger partial charge in [-0.25, -0.2) is 4.79 Å². The average Bonchev–Trinajstić information content (AvgIpc) is 2.38. The normalized spacial score (nSPS) is 10.2. The highest BCUT2D eigenvalue weighted by Crippen LogP contribution is 2.33. The molecule has 4 N–H and O–H groups in total. The number of carbonyl (C=O) groups excluding carboxylic acids is 1. The number of phenols is 3. The topological polar surface area (TPSA) is 115 Å². The number of phenolic OH excluding ortho intramolecular Hbond substituents is 1. The summed E-state index contributed by atoms with van der Waals surface area (Å²) >= 11 is 0. The van der Waals surface area contributed by atoms with Crippen LogP contribution in [0.5, 0.6) is 17.2 Å². The molecule has 0 unspecified atom stereocenters. The van der Waals surface area contributed by atoms with E-state index in [-0.39, 0.29) is 16.9 Å². The number of aromatic carboxylic acids is 1. The maximum absolute atomic E-state index is 12.2. The Balaban J connectivity index is 2.60. The van der Waals surface area contributed by atoms with E-state index in [2.05, 4.69) is 0 Å². The van der Waals surface area contributed by atoms with Crippen LogP contribution in [-0.4, -0.2) is 32.2 Å². The van der Waals surface area contributed by atoms with Crippen molar-refractivity contribution in [3.63, 3.8) is 0 Å². The highest BCUT2D eigenvalue weighted by atomic mass is 16.4. The molecule has 0 heterocycles. The minimum absolute atomic E-state index is 0.0789. The van der Waals surface area contributed by atoms with Gasteiger partial charge in [0.05, 0.1) is 11.1 Å². The van der Waals surface area contributed by atoms with Crippen LogP contribution in [0.2, 0.25) is 0 Å². The number of carboxylic acids is 1. The van der Waals surface area contributed by atoms with Crippen molar-refractivity contribution in [2.45, 2.75) is 0 Å². The van der Waals surface area contributed by atoms with Gasteiger partial charge in [0.15, 0.2) is 5.78 Å². The molecule has 20 heavy (non-hydrogen) atoms. The molecule has 2 aromatic carbocycles. The van der Waals surface area contributed by atoms with Crippen molar-refractivity contribution in [2.75, 3.05) is 0 Å². The van der Waals surface area contributed by atoms with Crippen LogP contribution in [0.15, 0.2) is 36.4 Å². The maximum atomic E-state index is 12.2. The van der Waals surface area contributed by atoms with Crippen LogP contribution >= 0.6 is 0 Å². The Kier molecular flexibility index (Phi) is 3.30. The summed E-state index contributed by atoms with van der Waals surface area (Å²) in [5.74, 6) is -4.09. The number of hydrogen-bond donors (Lipinski definition) is 4. The fraction of sp³-hybridized carbons (Fsp3) is 0. The molecular formula is C14H10O6. The molecule has 0 amide bonds. The lowest BCUT2D eigenvalue weighted by Crippen LogP contribution is -2.06. The predicted octanol–water partition coefficient (Wildman–Crippen LogP) is 1.73. The van der Waals surface area contributed by atoms with E-state index in [1.165, 1.54) is 24.3 Å². The van der Waals surface area contributed by atoms with E-state index in [4.69, 9.17) is 5.11 Å². The molecule has 6 nitrogen and oxygen atoms in total. The van der Waals surface area contributed by atoms with Crippen molar-refractivity contribution in [2.24, 2.45) is 0 Å². The number of rotatable bonds is 3. The van der Waals surface area contributed by atoms with Crippen LogP contribution in [-0.2, 0) is 0 Å². The Labute approximate surface area is 113 Å². The van der Waals surface area contributed by atoms with Gasteiger partial charge in [-0.3, -0.25) is 4.79 Å². The van der Waals surface area contributed by atoms with E-state index >= 15 is 0 Å². The van der Waals surface area contributed by atoms with Gasteiger partial charge in [-0.2, -0.15) is 0 Å². The van der Waals surface area contributed by atoms with Crippen molar-refractivity contribution in [1.29, 1.82) is 0 Å². The molecule has 0 aliphatic heterocycles. The van der Waals surface area contributed by atoms with Gasteiger partial charge in [0.1, 0.15) is 22.8 Å². The summed E-state index contributed by atoms with van der Waals surface area (Å²) < 4.78 is 0. The minimum atomic E-state index is -1.56. The van der Waals surface area contributed by atoms with Crippen LogP contribution in [0, 0.1) is 0 Å². The van der Waals surface area contributed by atoms with Crippen LogP contribution < -0.4 is 0 Å². The van der Waals surface area contributed by atoms with E-state index in [0.717, 1.165) is 12.1 Å². The van der Waals surface area contributed by atoms with Gasteiger partial charge < -0.3 is 20.4 Å². The zero-order valence-electron chi connectivity index (χ0n) is 10.1. The molecule has 0 saturated carbocycles. The monoisotopic (exact) mass is 274 g/mol. The number of carbonyl (C=O) groups is 2. The first kappa shape index (κ1) is 13.4. The second kappa shape index (κ2) is 4.93. The number of aromatic hydroxyl groups is 3. The first-order chi connectivity index (χ1) is 9.43. The Morgan fingerprint density at radius 1 is 0.800 bits per heavy atom. The number of benzene rings is 2. The molecule has 0 aliphatic rings. The quantitative estimate of drug-likeness (QED) is 0.633. The summed E-state index contributed by atoms with van der Waals surface area (Å²) in [6.45, 7) is 0. The standard InChI is InChI=1S/C14H10O6/c15-9-4-2-1-3-7(9)12(17)8-5-6-10(16)11(13(8)18)14(19)20/h1-6,15-16,18H,(H,19,20). The van der Waals surface area contributed by atoms with Crippen LogP contribution in [0.1, 0.15) is 26.3 Å². The first-order valence-electron chi connectivity index (χ1n) is 5.54. The summed E-state index contributed by atoms with van der Waals surface area (Å²) in [6.07, 6.45) is 0. The van der Waals surface area contributed by atoms with Crippen LogP contribution in [0.4, 0.5) is 0 Å². The molecule has 0 saturated heterocycles. The van der Waals surface area contributed by atoms with Crippen molar-refractivity contribution < 1.29 is 30.0 Å². The van der Waals surface area contributed by atoms with Crippen LogP contribution in [0.25, 0.3) is 0 Å². The zero-order chi connectivity index (χ0) is 14.9. The Morgan fingerprint density at radius 3 is 2.05 bits per heavy atom. The number of ketones is 1. The highest BCUT2D eigenvalue weighted by molar-refractivity contribution is 6.14. The molecule has 2 aromatic rings. The third kappa shape index (κ3) is 2.14. The number of para-hydroxylation sites is 1. The largest absolute Gasteiger partial charge is 0.507 e. The molecule has 0 aromatic heterocycles. The van der Waals surface area contributed by atoms with E-state index in [1.807, 2.05) is 0 Å². The molecule has 0 aliphatic carbocycles. The third-order valence-electron chi connectivity index (χ3n) is 2.76. The van der Waals surface area contributed by atoms with Crippen LogP contribution in [0.3, 0.4) is 0 Å². The van der Waals surface area contributed by atoms with Crippen molar-refractivity contribution >= 4 is 11.8 Å². The molecule has 2 rings (SSSR count). The molecule has 0 fully saturated rings. The van der Waals surface area contributed by atoms with E-state index in [9.17, 15) is 24.9 Å². The average molecular weight is 274 g/mol. The third-order valence-corrected chi connectivity index (χ3v) is 2.76. The van der Waals surface area contributed by atoms with Gasteiger partial charge in [-0.1, -0.05) is 12.1 Å². The van der Waals surface area contributed by atoms with Gasteiger partial charge in [-0.05, 0) is 24.3 Å². The van der Waals surface area contributed by atoms with E-state index < -0.39 is 28.8 Å². The van der Waals surface area contributed by atoms with Crippen molar-refractivity contribution in [3.05, 3.63) is 53.1 Å². The molecule has 0 radical (unpaired) electrons. The summed E-state index contributed by atoms with van der Waals surface area (Å²) in [5, 5.41) is 37.7. The fourth-order valence-corrected chi connectivity index (χ4v) is 1.79. The summed E-state index contributed by atoms with van der Waals surface area (Å²) in [4.78, 5) is 23.1. The second-order valence-corrected chi connectivity index (χ2v) is 4.01. The van der Waals surface area contributed by atoms with E-state index in [1.54, 1.807) is 0 Å². The van der Waals surface area contributed by atoms with Crippen molar-refractivity contribution in [3.8, 4) is 17.2 Å². The van der Waals surface area contributed by atoms with Gasteiger partial charge >= 0.3 is 5.97 Å². The predicted molar refractivity (Wildman–Crippen MR) is 68.3 cm³/mol. The lowest BCUT2D eigenvalue weighted by molar-refractivity contribution is 0.0690. The highest BCUT2D eigenvalue weighted by Gasteiger charge is 2.24. The lowest BCUT2D eigenvalue weighted by Gasteiger charge is -2.09. The molecule has 102 valence electrons. The Hall–Kier alpha value is -3.02. The molecule has 6 heteroatoms.